The van der Waals surface area contributed by atoms with Crippen molar-refractivity contribution in [3.63, 3.8) is 0 Å². The van der Waals surface area contributed by atoms with Gasteiger partial charge in [-0.1, -0.05) is 17.7 Å². The minimum atomic E-state index is -0.480. The summed E-state index contributed by atoms with van der Waals surface area (Å²) in [6.07, 6.45) is 0. The normalized spacial score (nSPS) is 10.3. The Morgan fingerprint density at radius 2 is 1.95 bits per heavy atom. The van der Waals surface area contributed by atoms with Crippen LogP contribution in [0.15, 0.2) is 35.1 Å². The zero-order chi connectivity index (χ0) is 14.0. The van der Waals surface area contributed by atoms with Crippen LogP contribution in [0.25, 0.3) is 0 Å². The molecule has 0 aliphatic carbocycles. The van der Waals surface area contributed by atoms with Crippen LogP contribution in [0.3, 0.4) is 0 Å². The highest BCUT2D eigenvalue weighted by molar-refractivity contribution is 6.34. The number of aromatic amines is 1. The fraction of sp³-hybridized carbons (Fsp3) is 0.143. The van der Waals surface area contributed by atoms with Crippen LogP contribution in [0.1, 0.15) is 21.6 Å². The highest BCUT2D eigenvalue weighted by Gasteiger charge is 2.12. The van der Waals surface area contributed by atoms with Crippen molar-refractivity contribution in [3.05, 3.63) is 62.5 Å². The third kappa shape index (κ3) is 3.03. The van der Waals surface area contributed by atoms with Crippen LogP contribution in [-0.4, -0.2) is 10.9 Å². The maximum absolute atomic E-state index is 12.0. The van der Waals surface area contributed by atoms with Crippen LogP contribution >= 0.6 is 11.6 Å². The van der Waals surface area contributed by atoms with E-state index in [1.54, 1.807) is 25.1 Å². The van der Waals surface area contributed by atoms with Crippen LogP contribution in [0.2, 0.25) is 5.02 Å². The lowest BCUT2D eigenvalue weighted by atomic mass is 10.2. The maximum atomic E-state index is 12.0. The van der Waals surface area contributed by atoms with Crippen LogP contribution in [0.4, 0.5) is 5.69 Å². The van der Waals surface area contributed by atoms with E-state index in [0.717, 1.165) is 5.56 Å². The summed E-state index contributed by atoms with van der Waals surface area (Å²) in [4.78, 5) is 26.2. The summed E-state index contributed by atoms with van der Waals surface area (Å²) in [5.74, 6) is -0.480. The number of carbonyl (C=O) groups excluding carboxylic acids is 1. The van der Waals surface area contributed by atoms with Crippen molar-refractivity contribution in [1.29, 1.82) is 0 Å². The number of pyridine rings is 1. The molecule has 0 saturated heterocycles. The van der Waals surface area contributed by atoms with E-state index in [2.05, 4.69) is 10.3 Å². The Kier molecular flexibility index (Phi) is 3.71. The van der Waals surface area contributed by atoms with Gasteiger partial charge in [0.25, 0.3) is 11.5 Å². The summed E-state index contributed by atoms with van der Waals surface area (Å²) in [7, 11) is 0. The summed E-state index contributed by atoms with van der Waals surface area (Å²) in [5.41, 5.74) is 1.83. The molecule has 5 heteroatoms. The number of halogens is 1. The molecule has 2 rings (SSSR count). The highest BCUT2D eigenvalue weighted by Crippen LogP contribution is 2.22. The van der Waals surface area contributed by atoms with Gasteiger partial charge in [0.2, 0.25) is 0 Å². The molecule has 19 heavy (non-hydrogen) atoms. The minimum Gasteiger partial charge on any atom is -0.326 e. The molecule has 0 bridgehead atoms. The molecule has 2 aromatic rings. The zero-order valence-electron chi connectivity index (χ0n) is 10.6. The second kappa shape index (κ2) is 5.28. The van der Waals surface area contributed by atoms with E-state index >= 15 is 0 Å². The Morgan fingerprint density at radius 1 is 1.21 bits per heavy atom. The lowest BCUT2D eigenvalue weighted by molar-refractivity contribution is 0.102. The van der Waals surface area contributed by atoms with Crippen molar-refractivity contribution in [2.45, 2.75) is 13.8 Å². The first-order valence-electron chi connectivity index (χ1n) is 5.75. The quantitative estimate of drug-likeness (QED) is 0.886. The third-order valence-electron chi connectivity index (χ3n) is 2.67. The lowest BCUT2D eigenvalue weighted by Crippen LogP contribution is -2.23. The molecule has 1 aromatic carbocycles. The molecule has 0 aliphatic heterocycles. The number of carbonyl (C=O) groups is 1. The van der Waals surface area contributed by atoms with E-state index in [1.807, 2.05) is 13.0 Å². The van der Waals surface area contributed by atoms with E-state index in [-0.39, 0.29) is 5.56 Å². The molecule has 2 N–H and O–H groups in total. The Labute approximate surface area is 115 Å². The van der Waals surface area contributed by atoms with Gasteiger partial charge in [0, 0.05) is 5.69 Å². The van der Waals surface area contributed by atoms with Crippen molar-refractivity contribution >= 4 is 23.2 Å². The van der Waals surface area contributed by atoms with Gasteiger partial charge in [-0.2, -0.15) is 0 Å². The Balaban J connectivity index is 2.28. The molecular formula is C14H13ClN2O2. The molecule has 0 fully saturated rings. The topological polar surface area (TPSA) is 62.0 Å². The number of nitrogens with one attached hydrogen (secondary N) is 2. The van der Waals surface area contributed by atoms with Crippen LogP contribution in [-0.2, 0) is 0 Å². The maximum Gasteiger partial charge on any atom is 0.261 e. The van der Waals surface area contributed by atoms with Crippen molar-refractivity contribution in [1.82, 2.24) is 4.98 Å². The zero-order valence-corrected chi connectivity index (χ0v) is 11.3. The molecule has 0 radical (unpaired) electrons. The molecule has 1 amide bonds. The molecule has 0 atom stereocenters. The lowest BCUT2D eigenvalue weighted by Gasteiger charge is -2.07. The molecule has 1 aromatic heterocycles. The van der Waals surface area contributed by atoms with Gasteiger partial charge in [-0.15, -0.1) is 0 Å². The number of aryl methyl sites for hydroxylation is 2. The summed E-state index contributed by atoms with van der Waals surface area (Å²) in [6.45, 7) is 3.65. The van der Waals surface area contributed by atoms with Gasteiger partial charge in [-0.3, -0.25) is 9.59 Å². The summed E-state index contributed by atoms with van der Waals surface area (Å²) >= 11 is 6.03. The fourth-order valence-corrected chi connectivity index (χ4v) is 1.94. The van der Waals surface area contributed by atoms with E-state index in [4.69, 9.17) is 11.6 Å². The van der Waals surface area contributed by atoms with Gasteiger partial charge in [0.1, 0.15) is 5.56 Å². The highest BCUT2D eigenvalue weighted by atomic mass is 35.5. The molecule has 4 nitrogen and oxygen atoms in total. The number of rotatable bonds is 2. The molecule has 0 saturated carbocycles. The number of hydrogen-bond acceptors (Lipinski definition) is 2. The van der Waals surface area contributed by atoms with Crippen molar-refractivity contribution in [3.8, 4) is 0 Å². The molecule has 1 heterocycles. The average Bonchev–Trinajstić information content (AvgIpc) is 2.32. The summed E-state index contributed by atoms with van der Waals surface area (Å²) < 4.78 is 0. The van der Waals surface area contributed by atoms with Gasteiger partial charge in [-0.25, -0.2) is 0 Å². The number of amides is 1. The van der Waals surface area contributed by atoms with E-state index in [0.29, 0.717) is 16.4 Å². The predicted octanol–water partition coefficient (Wildman–Crippen LogP) is 2.90. The van der Waals surface area contributed by atoms with Crippen molar-refractivity contribution in [2.75, 3.05) is 5.32 Å². The Bertz CT molecular complexity index is 692. The van der Waals surface area contributed by atoms with Gasteiger partial charge in [0.15, 0.2) is 0 Å². The third-order valence-corrected chi connectivity index (χ3v) is 2.99. The number of benzene rings is 1. The molecule has 98 valence electrons. The number of aromatic nitrogens is 1. The Hall–Kier alpha value is -2.07. The average molecular weight is 277 g/mol. The SMILES string of the molecule is Cc1ccc(NC(=O)c2ccc(C)[nH]c2=O)c(Cl)c1. The molecule has 0 spiro atoms. The second-order valence-corrected chi connectivity index (χ2v) is 4.73. The number of hydrogen-bond donors (Lipinski definition) is 2. The van der Waals surface area contributed by atoms with Crippen molar-refractivity contribution in [2.24, 2.45) is 0 Å². The van der Waals surface area contributed by atoms with Crippen LogP contribution in [0.5, 0.6) is 0 Å². The van der Waals surface area contributed by atoms with Gasteiger partial charge < -0.3 is 10.3 Å². The minimum absolute atomic E-state index is 0.0576. The van der Waals surface area contributed by atoms with E-state index in [9.17, 15) is 9.59 Å². The molecule has 0 unspecified atom stereocenters. The number of anilines is 1. The van der Waals surface area contributed by atoms with E-state index < -0.39 is 11.5 Å². The van der Waals surface area contributed by atoms with Gasteiger partial charge >= 0.3 is 0 Å². The second-order valence-electron chi connectivity index (χ2n) is 4.32. The predicted molar refractivity (Wildman–Crippen MR) is 75.9 cm³/mol. The van der Waals surface area contributed by atoms with Crippen molar-refractivity contribution < 1.29 is 4.79 Å². The largest absolute Gasteiger partial charge is 0.326 e. The monoisotopic (exact) mass is 276 g/mol. The summed E-state index contributed by atoms with van der Waals surface area (Å²) in [6, 6.07) is 8.45. The number of H-pyrrole nitrogens is 1. The fourth-order valence-electron chi connectivity index (χ4n) is 1.66. The first kappa shape index (κ1) is 13.4. The van der Waals surface area contributed by atoms with Gasteiger partial charge in [0.05, 0.1) is 10.7 Å². The smallest absolute Gasteiger partial charge is 0.261 e. The van der Waals surface area contributed by atoms with Crippen LogP contribution in [0, 0.1) is 13.8 Å². The van der Waals surface area contributed by atoms with Gasteiger partial charge in [-0.05, 0) is 43.7 Å². The first-order chi connectivity index (χ1) is 8.97. The summed E-state index contributed by atoms with van der Waals surface area (Å²) in [5, 5.41) is 3.06. The van der Waals surface area contributed by atoms with E-state index in [1.165, 1.54) is 6.07 Å². The molecule has 0 aliphatic rings. The Morgan fingerprint density at radius 3 is 2.58 bits per heavy atom. The molecular weight excluding hydrogens is 264 g/mol. The first-order valence-corrected chi connectivity index (χ1v) is 6.12. The van der Waals surface area contributed by atoms with Crippen LogP contribution < -0.4 is 10.9 Å². The standard InChI is InChI=1S/C14H13ClN2O2/c1-8-3-6-12(11(15)7-8)17-14(19)10-5-4-9(2)16-13(10)18/h3-7H,1-2H3,(H,16,18)(H,17,19).